The summed E-state index contributed by atoms with van der Waals surface area (Å²) in [6.07, 6.45) is 1.65. The highest BCUT2D eigenvalue weighted by Crippen LogP contribution is 2.35. The highest BCUT2D eigenvalue weighted by atomic mass is 16.5. The SMILES string of the molecule is Cn1ncc(N)c1-c1ccccc1Oc1ccccc1. The van der Waals surface area contributed by atoms with Gasteiger partial charge < -0.3 is 10.5 Å². The van der Waals surface area contributed by atoms with Crippen molar-refractivity contribution in [1.82, 2.24) is 9.78 Å². The third kappa shape index (κ3) is 2.23. The van der Waals surface area contributed by atoms with Gasteiger partial charge in [0.2, 0.25) is 0 Å². The molecule has 0 aliphatic carbocycles. The number of ether oxygens (including phenoxy) is 1. The van der Waals surface area contributed by atoms with Crippen molar-refractivity contribution in [3.8, 4) is 22.8 Å². The van der Waals surface area contributed by atoms with E-state index >= 15 is 0 Å². The Labute approximate surface area is 117 Å². The van der Waals surface area contributed by atoms with Crippen molar-refractivity contribution in [2.45, 2.75) is 0 Å². The Balaban J connectivity index is 2.05. The van der Waals surface area contributed by atoms with Gasteiger partial charge in [-0.3, -0.25) is 4.68 Å². The van der Waals surface area contributed by atoms with E-state index in [1.807, 2.05) is 61.6 Å². The summed E-state index contributed by atoms with van der Waals surface area (Å²) in [5.41, 5.74) is 8.42. The van der Waals surface area contributed by atoms with Crippen LogP contribution in [0.5, 0.6) is 11.5 Å². The zero-order chi connectivity index (χ0) is 13.9. The first-order chi connectivity index (χ1) is 9.75. The molecule has 0 unspecified atom stereocenters. The number of aromatic nitrogens is 2. The summed E-state index contributed by atoms with van der Waals surface area (Å²) in [6.45, 7) is 0. The molecule has 100 valence electrons. The van der Waals surface area contributed by atoms with E-state index in [-0.39, 0.29) is 0 Å². The van der Waals surface area contributed by atoms with E-state index in [2.05, 4.69) is 5.10 Å². The van der Waals surface area contributed by atoms with Crippen LogP contribution in [0.3, 0.4) is 0 Å². The standard InChI is InChI=1S/C16H15N3O/c1-19-16(14(17)11-18-19)13-9-5-6-10-15(13)20-12-7-3-2-4-8-12/h2-11H,17H2,1H3. The number of nitrogens with zero attached hydrogens (tertiary/aromatic N) is 2. The van der Waals surface area contributed by atoms with Crippen molar-refractivity contribution in [2.75, 3.05) is 5.73 Å². The lowest BCUT2D eigenvalue weighted by molar-refractivity contribution is 0.484. The van der Waals surface area contributed by atoms with Gasteiger partial charge in [0.25, 0.3) is 0 Å². The van der Waals surface area contributed by atoms with Crippen LogP contribution in [-0.4, -0.2) is 9.78 Å². The first-order valence-corrected chi connectivity index (χ1v) is 6.35. The quantitative estimate of drug-likeness (QED) is 0.789. The molecule has 4 heteroatoms. The number of para-hydroxylation sites is 2. The van der Waals surface area contributed by atoms with Gasteiger partial charge in [-0.15, -0.1) is 0 Å². The topological polar surface area (TPSA) is 53.1 Å². The van der Waals surface area contributed by atoms with Crippen LogP contribution in [0.2, 0.25) is 0 Å². The number of nitrogens with two attached hydrogens (primary N) is 1. The lowest BCUT2D eigenvalue weighted by Gasteiger charge is -2.12. The van der Waals surface area contributed by atoms with E-state index < -0.39 is 0 Å². The second-order valence-electron chi connectivity index (χ2n) is 4.48. The molecule has 0 fully saturated rings. The molecule has 3 rings (SSSR count). The van der Waals surface area contributed by atoms with Gasteiger partial charge in [-0.05, 0) is 24.3 Å². The molecule has 0 radical (unpaired) electrons. The second-order valence-corrected chi connectivity index (χ2v) is 4.48. The van der Waals surface area contributed by atoms with Crippen LogP contribution in [0.15, 0.2) is 60.8 Å². The number of aryl methyl sites for hydroxylation is 1. The van der Waals surface area contributed by atoms with Gasteiger partial charge in [0, 0.05) is 12.6 Å². The summed E-state index contributed by atoms with van der Waals surface area (Å²) in [7, 11) is 1.87. The van der Waals surface area contributed by atoms with Gasteiger partial charge in [0.05, 0.1) is 17.6 Å². The fraction of sp³-hybridized carbons (Fsp3) is 0.0625. The van der Waals surface area contributed by atoms with Gasteiger partial charge in [-0.25, -0.2) is 0 Å². The number of benzene rings is 2. The lowest BCUT2D eigenvalue weighted by atomic mass is 10.1. The monoisotopic (exact) mass is 265 g/mol. The number of rotatable bonds is 3. The van der Waals surface area contributed by atoms with Crippen LogP contribution in [-0.2, 0) is 7.05 Å². The molecule has 1 aromatic heterocycles. The second kappa shape index (κ2) is 5.09. The normalized spacial score (nSPS) is 10.4. The first kappa shape index (κ1) is 12.3. The molecule has 0 atom stereocenters. The fourth-order valence-corrected chi connectivity index (χ4v) is 2.15. The third-order valence-corrected chi connectivity index (χ3v) is 3.08. The van der Waals surface area contributed by atoms with E-state index in [1.54, 1.807) is 10.9 Å². The molecule has 4 nitrogen and oxygen atoms in total. The van der Waals surface area contributed by atoms with Crippen molar-refractivity contribution < 1.29 is 4.74 Å². The molecule has 0 aliphatic rings. The lowest BCUT2D eigenvalue weighted by Crippen LogP contribution is -1.97. The Morgan fingerprint density at radius 1 is 1.00 bits per heavy atom. The molecule has 2 aromatic carbocycles. The number of hydrogen-bond donors (Lipinski definition) is 1. The molecule has 0 saturated heterocycles. The van der Waals surface area contributed by atoms with Crippen LogP contribution in [0.4, 0.5) is 5.69 Å². The summed E-state index contributed by atoms with van der Waals surface area (Å²) in [5.74, 6) is 1.55. The maximum Gasteiger partial charge on any atom is 0.136 e. The summed E-state index contributed by atoms with van der Waals surface area (Å²) < 4.78 is 7.70. The van der Waals surface area contributed by atoms with Gasteiger partial charge in [0.15, 0.2) is 0 Å². The molecule has 2 N–H and O–H groups in total. The molecular weight excluding hydrogens is 250 g/mol. The van der Waals surface area contributed by atoms with Crippen LogP contribution in [0.1, 0.15) is 0 Å². The molecule has 0 bridgehead atoms. The average Bonchev–Trinajstić information content (AvgIpc) is 2.80. The summed E-state index contributed by atoms with van der Waals surface area (Å²) in [6, 6.07) is 17.5. The molecular formula is C16H15N3O. The third-order valence-electron chi connectivity index (χ3n) is 3.08. The van der Waals surface area contributed by atoms with Gasteiger partial charge in [-0.2, -0.15) is 5.10 Å². The molecule has 1 heterocycles. The minimum atomic E-state index is 0.636. The van der Waals surface area contributed by atoms with Crippen molar-refractivity contribution >= 4 is 5.69 Å². The summed E-state index contributed by atoms with van der Waals surface area (Å²) in [4.78, 5) is 0. The predicted octanol–water partition coefficient (Wildman–Crippen LogP) is 3.46. The zero-order valence-electron chi connectivity index (χ0n) is 11.2. The van der Waals surface area contributed by atoms with E-state index in [1.165, 1.54) is 0 Å². The zero-order valence-corrected chi connectivity index (χ0v) is 11.2. The van der Waals surface area contributed by atoms with Crippen molar-refractivity contribution in [2.24, 2.45) is 7.05 Å². The minimum Gasteiger partial charge on any atom is -0.457 e. The van der Waals surface area contributed by atoms with E-state index in [0.717, 1.165) is 22.8 Å². The van der Waals surface area contributed by atoms with Crippen LogP contribution in [0.25, 0.3) is 11.3 Å². The Morgan fingerprint density at radius 2 is 1.70 bits per heavy atom. The van der Waals surface area contributed by atoms with Crippen molar-refractivity contribution in [3.05, 3.63) is 60.8 Å². The predicted molar refractivity (Wildman–Crippen MR) is 79.6 cm³/mol. The van der Waals surface area contributed by atoms with Gasteiger partial charge in [0.1, 0.15) is 11.5 Å². The molecule has 0 aliphatic heterocycles. The Bertz CT molecular complexity index is 700. The average molecular weight is 265 g/mol. The van der Waals surface area contributed by atoms with E-state index in [9.17, 15) is 0 Å². The Kier molecular flexibility index (Phi) is 3.13. The molecule has 3 aromatic rings. The first-order valence-electron chi connectivity index (χ1n) is 6.35. The van der Waals surface area contributed by atoms with Crippen molar-refractivity contribution in [3.63, 3.8) is 0 Å². The molecule has 0 spiro atoms. The summed E-state index contributed by atoms with van der Waals surface area (Å²) >= 11 is 0. The minimum absolute atomic E-state index is 0.636. The molecule has 0 amide bonds. The fourth-order valence-electron chi connectivity index (χ4n) is 2.15. The molecule has 20 heavy (non-hydrogen) atoms. The smallest absolute Gasteiger partial charge is 0.136 e. The summed E-state index contributed by atoms with van der Waals surface area (Å²) in [5, 5.41) is 4.18. The highest BCUT2D eigenvalue weighted by molar-refractivity contribution is 5.77. The van der Waals surface area contributed by atoms with Crippen LogP contribution in [0, 0.1) is 0 Å². The molecule has 0 saturated carbocycles. The van der Waals surface area contributed by atoms with Gasteiger partial charge in [-0.1, -0.05) is 30.3 Å². The largest absolute Gasteiger partial charge is 0.457 e. The maximum atomic E-state index is 6.00. The number of nitrogen functional groups attached to an aromatic ring is 1. The Hall–Kier alpha value is -2.75. The maximum absolute atomic E-state index is 6.00. The van der Waals surface area contributed by atoms with E-state index in [4.69, 9.17) is 10.5 Å². The van der Waals surface area contributed by atoms with E-state index in [0.29, 0.717) is 5.69 Å². The number of hydrogen-bond acceptors (Lipinski definition) is 3. The van der Waals surface area contributed by atoms with Crippen molar-refractivity contribution in [1.29, 1.82) is 0 Å². The number of anilines is 1. The Morgan fingerprint density at radius 3 is 2.40 bits per heavy atom. The van der Waals surface area contributed by atoms with Crippen LogP contribution >= 0.6 is 0 Å². The highest BCUT2D eigenvalue weighted by Gasteiger charge is 2.13. The van der Waals surface area contributed by atoms with Gasteiger partial charge >= 0.3 is 0 Å². The van der Waals surface area contributed by atoms with Crippen LogP contribution < -0.4 is 10.5 Å².